The van der Waals surface area contributed by atoms with Gasteiger partial charge in [0.2, 0.25) is 15.9 Å². The molecule has 1 rings (SSSR count). The van der Waals surface area contributed by atoms with E-state index in [2.05, 4.69) is 10.0 Å². The highest BCUT2D eigenvalue weighted by Crippen LogP contribution is 2.15. The number of nitrogens with one attached hydrogen (secondary N) is 2. The van der Waals surface area contributed by atoms with Crippen LogP contribution in [0.15, 0.2) is 29.2 Å². The van der Waals surface area contributed by atoms with Crippen LogP contribution < -0.4 is 14.8 Å². The number of ether oxygens (including phenoxy) is 2. The van der Waals surface area contributed by atoms with Crippen LogP contribution in [0.3, 0.4) is 0 Å². The van der Waals surface area contributed by atoms with Gasteiger partial charge in [-0.1, -0.05) is 0 Å². The Bertz CT molecular complexity index is 572. The summed E-state index contributed by atoms with van der Waals surface area (Å²) in [5, 5.41) is 2.71. The predicted octanol–water partition coefficient (Wildman–Crippen LogP) is 0.906. The normalized spacial score (nSPS) is 11.2. The fraction of sp³-hybridized carbons (Fsp3) is 0.533. The lowest BCUT2D eigenvalue weighted by molar-refractivity contribution is -0.120. The van der Waals surface area contributed by atoms with Crippen LogP contribution in [0.1, 0.15) is 19.8 Å². The zero-order valence-corrected chi connectivity index (χ0v) is 14.3. The minimum atomic E-state index is -3.62. The molecule has 0 spiro atoms. The summed E-state index contributed by atoms with van der Waals surface area (Å²) in [5.74, 6) is 0.384. The van der Waals surface area contributed by atoms with Gasteiger partial charge >= 0.3 is 0 Å². The minimum absolute atomic E-state index is 0.0473. The Morgan fingerprint density at radius 2 is 1.87 bits per heavy atom. The molecular weight excluding hydrogens is 320 g/mol. The van der Waals surface area contributed by atoms with Crippen LogP contribution in [-0.4, -0.2) is 47.7 Å². The first-order chi connectivity index (χ1) is 11.0. The lowest BCUT2D eigenvalue weighted by atomic mass is 10.3. The molecule has 0 atom stereocenters. The quantitative estimate of drug-likeness (QED) is 0.582. The van der Waals surface area contributed by atoms with Crippen molar-refractivity contribution in [2.45, 2.75) is 24.7 Å². The Balaban J connectivity index is 2.31. The lowest BCUT2D eigenvalue weighted by Gasteiger charge is -2.08. The standard InChI is InChI=1S/C15H24N2O5S/c1-3-22-12-4-10-16-15(18)9-11-17-23(19,20)14-7-5-13(21-2)6-8-14/h5-8,17H,3-4,9-12H2,1-2H3,(H,16,18). The lowest BCUT2D eigenvalue weighted by Crippen LogP contribution is -2.31. The van der Waals surface area contributed by atoms with Gasteiger partial charge in [-0.3, -0.25) is 4.79 Å². The van der Waals surface area contributed by atoms with Crippen molar-refractivity contribution in [1.82, 2.24) is 10.0 Å². The summed E-state index contributed by atoms with van der Waals surface area (Å²) in [6.45, 7) is 3.73. The molecule has 0 aliphatic carbocycles. The van der Waals surface area contributed by atoms with E-state index in [1.807, 2.05) is 6.92 Å². The summed E-state index contributed by atoms with van der Waals surface area (Å²) in [7, 11) is -2.11. The van der Waals surface area contributed by atoms with Crippen LogP contribution in [0.5, 0.6) is 5.75 Å². The Morgan fingerprint density at radius 1 is 1.17 bits per heavy atom. The summed E-state index contributed by atoms with van der Waals surface area (Å²) < 4.78 is 36.6. The molecule has 0 saturated heterocycles. The Labute approximate surface area is 137 Å². The molecule has 130 valence electrons. The second kappa shape index (κ2) is 10.2. The van der Waals surface area contributed by atoms with Crippen LogP contribution in [-0.2, 0) is 19.6 Å². The first kappa shape index (κ1) is 19.4. The Kier molecular flexibility index (Phi) is 8.60. The molecule has 1 aromatic carbocycles. The first-order valence-corrected chi connectivity index (χ1v) is 8.96. The van der Waals surface area contributed by atoms with E-state index in [1.165, 1.54) is 19.2 Å². The third-order valence-electron chi connectivity index (χ3n) is 3.01. The largest absolute Gasteiger partial charge is 0.497 e. The van der Waals surface area contributed by atoms with E-state index in [1.54, 1.807) is 12.1 Å². The summed E-state index contributed by atoms with van der Waals surface area (Å²) in [5.41, 5.74) is 0. The van der Waals surface area contributed by atoms with Gasteiger partial charge in [0.1, 0.15) is 5.75 Å². The molecule has 0 saturated carbocycles. The molecule has 0 heterocycles. The average Bonchev–Trinajstić information content (AvgIpc) is 2.54. The SMILES string of the molecule is CCOCCCNC(=O)CCNS(=O)(=O)c1ccc(OC)cc1. The fourth-order valence-corrected chi connectivity index (χ4v) is 2.80. The van der Waals surface area contributed by atoms with Crippen molar-refractivity contribution in [2.75, 3.05) is 33.4 Å². The molecule has 23 heavy (non-hydrogen) atoms. The van der Waals surface area contributed by atoms with E-state index in [4.69, 9.17) is 9.47 Å². The number of methoxy groups -OCH3 is 1. The highest BCUT2D eigenvalue weighted by Gasteiger charge is 2.14. The van der Waals surface area contributed by atoms with Crippen molar-refractivity contribution < 1.29 is 22.7 Å². The van der Waals surface area contributed by atoms with Gasteiger partial charge in [-0.2, -0.15) is 0 Å². The number of hydrogen-bond donors (Lipinski definition) is 2. The fourth-order valence-electron chi connectivity index (χ4n) is 1.77. The molecule has 2 N–H and O–H groups in total. The first-order valence-electron chi connectivity index (χ1n) is 7.47. The topological polar surface area (TPSA) is 93.7 Å². The van der Waals surface area contributed by atoms with Crippen molar-refractivity contribution in [3.8, 4) is 5.75 Å². The minimum Gasteiger partial charge on any atom is -0.497 e. The molecule has 0 aliphatic rings. The van der Waals surface area contributed by atoms with Crippen LogP contribution in [0, 0.1) is 0 Å². The molecule has 7 nitrogen and oxygen atoms in total. The van der Waals surface area contributed by atoms with Crippen molar-refractivity contribution in [3.05, 3.63) is 24.3 Å². The smallest absolute Gasteiger partial charge is 0.240 e. The third kappa shape index (κ3) is 7.45. The van der Waals surface area contributed by atoms with E-state index in [-0.39, 0.29) is 23.8 Å². The van der Waals surface area contributed by atoms with Crippen molar-refractivity contribution in [1.29, 1.82) is 0 Å². The van der Waals surface area contributed by atoms with Crippen molar-refractivity contribution in [2.24, 2.45) is 0 Å². The number of sulfonamides is 1. The zero-order chi connectivity index (χ0) is 17.1. The zero-order valence-electron chi connectivity index (χ0n) is 13.5. The van der Waals surface area contributed by atoms with Crippen LogP contribution in [0.2, 0.25) is 0 Å². The van der Waals surface area contributed by atoms with Crippen molar-refractivity contribution >= 4 is 15.9 Å². The summed E-state index contributed by atoms with van der Waals surface area (Å²) >= 11 is 0. The molecular formula is C15H24N2O5S. The average molecular weight is 344 g/mol. The molecule has 0 unspecified atom stereocenters. The van der Waals surface area contributed by atoms with Crippen molar-refractivity contribution in [3.63, 3.8) is 0 Å². The molecule has 1 amide bonds. The Morgan fingerprint density at radius 3 is 2.48 bits per heavy atom. The van der Waals surface area contributed by atoms with Gasteiger partial charge in [0.05, 0.1) is 12.0 Å². The number of amides is 1. The molecule has 0 fully saturated rings. The van der Waals surface area contributed by atoms with Crippen LogP contribution in [0.25, 0.3) is 0 Å². The molecule has 0 bridgehead atoms. The second-order valence-electron chi connectivity index (χ2n) is 4.72. The van der Waals surface area contributed by atoms with Gasteiger partial charge in [-0.05, 0) is 37.6 Å². The van der Waals surface area contributed by atoms with Crippen LogP contribution >= 0.6 is 0 Å². The maximum absolute atomic E-state index is 12.0. The van der Waals surface area contributed by atoms with E-state index in [9.17, 15) is 13.2 Å². The highest BCUT2D eigenvalue weighted by molar-refractivity contribution is 7.89. The summed E-state index contributed by atoms with van der Waals surface area (Å²) in [6.07, 6.45) is 0.821. The van der Waals surface area contributed by atoms with Gasteiger partial charge in [0, 0.05) is 32.7 Å². The molecule has 8 heteroatoms. The van der Waals surface area contributed by atoms with Gasteiger partial charge in [-0.25, -0.2) is 13.1 Å². The van der Waals surface area contributed by atoms with E-state index in [0.29, 0.717) is 25.5 Å². The van der Waals surface area contributed by atoms with E-state index < -0.39 is 10.0 Å². The highest BCUT2D eigenvalue weighted by atomic mass is 32.2. The Hall–Kier alpha value is -1.64. The number of rotatable bonds is 11. The van der Waals surface area contributed by atoms with Crippen LogP contribution in [0.4, 0.5) is 0 Å². The monoisotopic (exact) mass is 344 g/mol. The maximum Gasteiger partial charge on any atom is 0.240 e. The molecule has 0 radical (unpaired) electrons. The third-order valence-corrected chi connectivity index (χ3v) is 4.48. The van der Waals surface area contributed by atoms with Gasteiger partial charge in [-0.15, -0.1) is 0 Å². The number of carbonyl (C=O) groups excluding carboxylic acids is 1. The molecule has 0 aromatic heterocycles. The number of carbonyl (C=O) groups is 1. The summed E-state index contributed by atoms with van der Waals surface area (Å²) in [4.78, 5) is 11.7. The van der Waals surface area contributed by atoms with Gasteiger partial charge in [0.25, 0.3) is 0 Å². The van der Waals surface area contributed by atoms with Gasteiger partial charge < -0.3 is 14.8 Å². The van der Waals surface area contributed by atoms with E-state index >= 15 is 0 Å². The molecule has 1 aromatic rings. The van der Waals surface area contributed by atoms with E-state index in [0.717, 1.165) is 6.42 Å². The number of benzene rings is 1. The van der Waals surface area contributed by atoms with Gasteiger partial charge in [0.15, 0.2) is 0 Å². The second-order valence-corrected chi connectivity index (χ2v) is 6.49. The predicted molar refractivity (Wildman–Crippen MR) is 86.9 cm³/mol. The maximum atomic E-state index is 12.0. The summed E-state index contributed by atoms with van der Waals surface area (Å²) in [6, 6.07) is 6.04. The number of hydrogen-bond acceptors (Lipinski definition) is 5. The molecule has 0 aliphatic heterocycles.